The zero-order valence-corrected chi connectivity index (χ0v) is 11.9. The maximum absolute atomic E-state index is 13.5. The smallest absolute Gasteiger partial charge is 0.141 e. The second-order valence-corrected chi connectivity index (χ2v) is 6.55. The Morgan fingerprint density at radius 2 is 1.95 bits per heavy atom. The van der Waals surface area contributed by atoms with Crippen LogP contribution in [0.5, 0.6) is 0 Å². The minimum Gasteiger partial charge on any atom is -0.287 e. The molecule has 3 atom stereocenters. The van der Waals surface area contributed by atoms with Gasteiger partial charge in [-0.3, -0.25) is 9.88 Å². The average molecular weight is 283 g/mol. The topological polar surface area (TPSA) is 39.9 Å². The van der Waals surface area contributed by atoms with E-state index in [9.17, 15) is 9.65 Å². The van der Waals surface area contributed by atoms with Gasteiger partial charge in [0.1, 0.15) is 5.82 Å². The van der Waals surface area contributed by atoms with Crippen molar-refractivity contribution in [3.05, 3.63) is 42.0 Å². The van der Waals surface area contributed by atoms with E-state index in [4.69, 9.17) is 0 Å². The zero-order valence-electron chi connectivity index (χ0n) is 11.9. The van der Waals surface area contributed by atoms with Gasteiger partial charge in [-0.1, -0.05) is 18.6 Å². The van der Waals surface area contributed by atoms with Gasteiger partial charge in [-0.15, -0.1) is 0 Å². The van der Waals surface area contributed by atoms with Gasteiger partial charge >= 0.3 is 0 Å². The van der Waals surface area contributed by atoms with Gasteiger partial charge in [0.2, 0.25) is 0 Å². The van der Waals surface area contributed by atoms with Gasteiger partial charge in [0.05, 0.1) is 17.7 Å². The maximum atomic E-state index is 13.5. The van der Waals surface area contributed by atoms with Crippen molar-refractivity contribution in [3.8, 4) is 6.07 Å². The summed E-state index contributed by atoms with van der Waals surface area (Å²) in [6, 6.07) is 5.28. The molecule has 2 aliphatic heterocycles. The predicted molar refractivity (Wildman–Crippen MR) is 76.9 cm³/mol. The largest absolute Gasteiger partial charge is 0.287 e. The number of pyridine rings is 1. The number of nitriles is 1. The normalized spacial score (nSPS) is 35.4. The van der Waals surface area contributed by atoms with Crippen molar-refractivity contribution in [3.63, 3.8) is 0 Å². The van der Waals surface area contributed by atoms with E-state index in [1.807, 2.05) is 0 Å². The summed E-state index contributed by atoms with van der Waals surface area (Å²) in [7, 11) is 0. The molecule has 2 fully saturated rings. The first-order valence-corrected chi connectivity index (χ1v) is 7.70. The fourth-order valence-corrected chi connectivity index (χ4v) is 4.14. The molecule has 108 valence electrons. The number of hydrogen-bond acceptors (Lipinski definition) is 3. The summed E-state index contributed by atoms with van der Waals surface area (Å²) in [4.78, 5) is 6.52. The lowest BCUT2D eigenvalue weighted by Gasteiger charge is -2.49. The Bertz CT molecular complexity index is 613. The summed E-state index contributed by atoms with van der Waals surface area (Å²) in [5.41, 5.74) is 0.130. The Balaban J connectivity index is 1.66. The highest BCUT2D eigenvalue weighted by Crippen LogP contribution is 2.47. The summed E-state index contributed by atoms with van der Waals surface area (Å²) in [5, 5.41) is 9.80. The molecule has 4 rings (SSSR count). The minimum absolute atomic E-state index is 0.317. The van der Waals surface area contributed by atoms with Crippen LogP contribution in [0, 0.1) is 17.1 Å². The number of piperidine rings is 1. The molecular weight excluding hydrogens is 265 g/mol. The summed E-state index contributed by atoms with van der Waals surface area (Å²) in [6.45, 7) is 0. The van der Waals surface area contributed by atoms with E-state index in [0.29, 0.717) is 18.1 Å². The first-order chi connectivity index (χ1) is 10.2. The molecule has 0 spiro atoms. The van der Waals surface area contributed by atoms with Crippen LogP contribution in [0.15, 0.2) is 30.6 Å². The van der Waals surface area contributed by atoms with Crippen LogP contribution < -0.4 is 0 Å². The second-order valence-electron chi connectivity index (χ2n) is 6.55. The molecule has 3 nitrogen and oxygen atoms in total. The molecule has 0 radical (unpaired) electrons. The van der Waals surface area contributed by atoms with Gasteiger partial charge in [0.15, 0.2) is 0 Å². The second kappa shape index (κ2) is 4.64. The number of aromatic nitrogens is 1. The van der Waals surface area contributed by atoms with Crippen molar-refractivity contribution in [2.24, 2.45) is 0 Å². The Labute approximate surface area is 124 Å². The number of fused-ring (bicyclic) bond motifs is 2. The molecule has 2 bridgehead atoms. The molecule has 0 unspecified atom stereocenters. The van der Waals surface area contributed by atoms with Crippen LogP contribution in [-0.4, -0.2) is 28.0 Å². The molecule has 0 aromatic carbocycles. The molecule has 4 heteroatoms. The quantitative estimate of drug-likeness (QED) is 0.783. The predicted octanol–water partition coefficient (Wildman–Crippen LogP) is 2.94. The van der Waals surface area contributed by atoms with Crippen LogP contribution in [0.2, 0.25) is 0 Å². The van der Waals surface area contributed by atoms with Crippen molar-refractivity contribution < 1.29 is 4.39 Å². The van der Waals surface area contributed by atoms with E-state index in [1.165, 1.54) is 31.5 Å². The third-order valence-corrected chi connectivity index (χ3v) is 5.40. The van der Waals surface area contributed by atoms with Crippen molar-refractivity contribution in [1.82, 2.24) is 9.88 Å². The highest BCUT2D eigenvalue weighted by Gasteiger charge is 2.50. The third kappa shape index (κ3) is 1.91. The highest BCUT2D eigenvalue weighted by molar-refractivity contribution is 5.36. The highest BCUT2D eigenvalue weighted by atomic mass is 19.1. The van der Waals surface area contributed by atoms with E-state index >= 15 is 0 Å². The Morgan fingerprint density at radius 1 is 1.24 bits per heavy atom. The van der Waals surface area contributed by atoms with Gasteiger partial charge in [0, 0.05) is 24.3 Å². The number of rotatable bonds is 2. The van der Waals surface area contributed by atoms with E-state index in [0.717, 1.165) is 18.4 Å². The lowest BCUT2D eigenvalue weighted by molar-refractivity contribution is 0.0353. The summed E-state index contributed by atoms with van der Waals surface area (Å²) >= 11 is 0. The van der Waals surface area contributed by atoms with Crippen LogP contribution in [0.25, 0.3) is 0 Å². The molecule has 1 aromatic rings. The SMILES string of the molecule is N#C[C@@]1(c2cncc(F)c2)C[C@H]2C=C[C@@H](C1)N2C1CCC1. The molecule has 1 saturated heterocycles. The van der Waals surface area contributed by atoms with Crippen molar-refractivity contribution in [2.45, 2.75) is 55.6 Å². The maximum Gasteiger partial charge on any atom is 0.141 e. The summed E-state index contributed by atoms with van der Waals surface area (Å²) in [5.74, 6) is -0.358. The van der Waals surface area contributed by atoms with Crippen LogP contribution in [0.4, 0.5) is 4.39 Å². The van der Waals surface area contributed by atoms with Gasteiger partial charge in [-0.05, 0) is 37.3 Å². The van der Waals surface area contributed by atoms with Gasteiger partial charge in [-0.25, -0.2) is 4.39 Å². The average Bonchev–Trinajstić information content (AvgIpc) is 2.70. The monoisotopic (exact) mass is 283 g/mol. The third-order valence-electron chi connectivity index (χ3n) is 5.40. The fraction of sp³-hybridized carbons (Fsp3) is 0.529. The first-order valence-electron chi connectivity index (χ1n) is 7.70. The van der Waals surface area contributed by atoms with Crippen LogP contribution in [-0.2, 0) is 5.41 Å². The standard InChI is InChI=1S/C17H18FN3/c18-13-6-12(9-20-10-13)17(11-19)7-15-4-5-16(8-17)21(15)14-2-1-3-14/h4-6,9-10,14-16H,1-3,7-8H2/t15-,16+,17-. The molecule has 3 aliphatic rings. The van der Waals surface area contributed by atoms with Crippen molar-refractivity contribution in [2.75, 3.05) is 0 Å². The van der Waals surface area contributed by atoms with Crippen LogP contribution in [0.1, 0.15) is 37.7 Å². The van der Waals surface area contributed by atoms with Gasteiger partial charge in [-0.2, -0.15) is 5.26 Å². The number of hydrogen-bond donors (Lipinski definition) is 0. The Hall–Kier alpha value is -1.73. The Kier molecular flexibility index (Phi) is 2.87. The Morgan fingerprint density at radius 3 is 2.48 bits per heavy atom. The van der Waals surface area contributed by atoms with E-state index < -0.39 is 5.41 Å². The van der Waals surface area contributed by atoms with Gasteiger partial charge in [0.25, 0.3) is 0 Å². The van der Waals surface area contributed by atoms with E-state index in [-0.39, 0.29) is 5.82 Å². The zero-order chi connectivity index (χ0) is 14.4. The van der Waals surface area contributed by atoms with E-state index in [1.54, 1.807) is 6.20 Å². The van der Waals surface area contributed by atoms with Crippen LogP contribution in [0.3, 0.4) is 0 Å². The molecule has 1 aromatic heterocycles. The van der Waals surface area contributed by atoms with E-state index in [2.05, 4.69) is 28.1 Å². The van der Waals surface area contributed by atoms with Crippen LogP contribution >= 0.6 is 0 Å². The van der Waals surface area contributed by atoms with Crippen molar-refractivity contribution in [1.29, 1.82) is 5.26 Å². The lowest BCUT2D eigenvalue weighted by atomic mass is 9.70. The molecule has 0 amide bonds. The van der Waals surface area contributed by atoms with Crippen molar-refractivity contribution >= 4 is 0 Å². The number of halogens is 1. The molecule has 3 heterocycles. The fourth-order valence-electron chi connectivity index (χ4n) is 4.14. The minimum atomic E-state index is -0.603. The first kappa shape index (κ1) is 13.0. The number of nitrogens with zero attached hydrogens (tertiary/aromatic N) is 3. The summed E-state index contributed by atoms with van der Waals surface area (Å²) in [6.07, 6.45) is 12.7. The molecule has 21 heavy (non-hydrogen) atoms. The lowest BCUT2D eigenvalue weighted by Crippen LogP contribution is -2.55. The molecular formula is C17H18FN3. The summed E-state index contributed by atoms with van der Waals surface area (Å²) < 4.78 is 13.5. The molecule has 0 N–H and O–H groups in total. The van der Waals surface area contributed by atoms with Gasteiger partial charge < -0.3 is 0 Å². The molecule has 1 saturated carbocycles. The molecule has 1 aliphatic carbocycles.